The van der Waals surface area contributed by atoms with Crippen LogP contribution in [0.15, 0.2) is 85.1 Å². The molecule has 3 rings (SSSR count). The van der Waals surface area contributed by atoms with Crippen LogP contribution in [-0.4, -0.2) is 186 Å². The van der Waals surface area contributed by atoms with Crippen LogP contribution in [-0.2, 0) is 38.1 Å². The summed E-state index contributed by atoms with van der Waals surface area (Å²) in [4.78, 5) is 38.8. The lowest BCUT2D eigenvalue weighted by Gasteiger charge is -2.46. The molecule has 3 aliphatic rings. The van der Waals surface area contributed by atoms with Crippen LogP contribution in [0, 0.1) is 17.8 Å². The van der Waals surface area contributed by atoms with E-state index in [0.29, 0.717) is 0 Å². The summed E-state index contributed by atoms with van der Waals surface area (Å²) >= 11 is 0. The number of hydrogen-bond donors (Lipinski definition) is 13. The Morgan fingerprint density at radius 3 is 1.90 bits per heavy atom. The van der Waals surface area contributed by atoms with Crippen molar-refractivity contribution in [1.82, 2.24) is 5.32 Å². The Hall–Kier alpha value is -4.01. The lowest BCUT2D eigenvalue weighted by atomic mass is 9.82. The molecule has 2 fully saturated rings. The molecule has 21 nitrogen and oxygen atoms in total. The SMILES string of the molecule is COC(=O)[C@H]1[C@@H]2C[C@@H](O[C@@H]3O[C@H](C)[C@@H](O)[C@H](NC(=O)[C@@H](N)CCN)[C@@H]3O)C=CC=CC=CC=CC=CC=CC=C[C@H](C)[C@@H](O)[C@@H](C)[C@H](C)OC(=O)C[C@H](O)C[C@H](O)CC[C@@H](O)[C@H](O)C[C@H](O)C[C@](O)(C[C@@H]1O)O2. The van der Waals surface area contributed by atoms with Gasteiger partial charge >= 0.3 is 11.9 Å². The molecule has 2 bridgehead atoms. The van der Waals surface area contributed by atoms with E-state index in [4.69, 9.17) is 35.2 Å². The van der Waals surface area contributed by atoms with Crippen LogP contribution >= 0.6 is 0 Å². The van der Waals surface area contributed by atoms with Crippen molar-refractivity contribution < 1.29 is 89.1 Å². The van der Waals surface area contributed by atoms with Gasteiger partial charge in [-0.3, -0.25) is 14.4 Å². The third-order valence-electron chi connectivity index (χ3n) is 13.3. The minimum absolute atomic E-state index is 0.108. The van der Waals surface area contributed by atoms with Crippen molar-refractivity contribution >= 4 is 17.8 Å². The first-order valence-electron chi connectivity index (χ1n) is 25.1. The number of hydrogen-bond acceptors (Lipinski definition) is 20. The monoisotopic (exact) mass is 1040 g/mol. The fraction of sp³-hybridized carbons (Fsp3) is 0.673. The molecule has 0 unspecified atom stereocenters. The molecule has 1 amide bonds. The Balaban J connectivity index is 1.94. The van der Waals surface area contributed by atoms with Crippen LogP contribution in [0.5, 0.6) is 0 Å². The number of amides is 1. The van der Waals surface area contributed by atoms with E-state index in [-0.39, 0.29) is 44.6 Å². The summed E-state index contributed by atoms with van der Waals surface area (Å²) in [5.74, 6) is -6.83. The lowest BCUT2D eigenvalue weighted by Crippen LogP contribution is -2.65. The molecule has 73 heavy (non-hydrogen) atoms. The van der Waals surface area contributed by atoms with Crippen LogP contribution in [0.3, 0.4) is 0 Å². The quantitative estimate of drug-likeness (QED) is 0.145. The van der Waals surface area contributed by atoms with Gasteiger partial charge in [-0.2, -0.15) is 0 Å². The molecule has 3 aliphatic heterocycles. The number of carbonyl (C=O) groups excluding carboxylic acids is 3. The molecule has 20 atom stereocenters. The van der Waals surface area contributed by atoms with Crippen LogP contribution in [0.1, 0.15) is 85.5 Å². The number of rotatable bonds is 7. The van der Waals surface area contributed by atoms with Crippen molar-refractivity contribution in [2.24, 2.45) is 29.2 Å². The van der Waals surface area contributed by atoms with E-state index >= 15 is 0 Å². The van der Waals surface area contributed by atoms with Crippen LogP contribution in [0.25, 0.3) is 0 Å². The summed E-state index contributed by atoms with van der Waals surface area (Å²) in [6, 6.07) is -2.36. The summed E-state index contributed by atoms with van der Waals surface area (Å²) in [6.07, 6.45) is 2.89. The number of cyclic esters (lactones) is 1. The molecular formula is C52H83N3O18. The van der Waals surface area contributed by atoms with Crippen molar-refractivity contribution in [2.45, 2.75) is 189 Å². The fourth-order valence-corrected chi connectivity index (χ4v) is 8.81. The average Bonchev–Trinajstić information content (AvgIpc) is 3.32. The highest BCUT2D eigenvalue weighted by Crippen LogP contribution is 2.38. The number of carbonyl (C=O) groups is 3. The first-order chi connectivity index (χ1) is 34.5. The van der Waals surface area contributed by atoms with E-state index in [1.165, 1.54) is 13.0 Å². The van der Waals surface area contributed by atoms with Crippen molar-refractivity contribution in [3.05, 3.63) is 85.1 Å². The third kappa shape index (κ3) is 21.3. The van der Waals surface area contributed by atoms with Gasteiger partial charge in [-0.1, -0.05) is 98.9 Å². The zero-order valence-electron chi connectivity index (χ0n) is 42.5. The predicted octanol–water partition coefficient (Wildman–Crippen LogP) is -0.366. The van der Waals surface area contributed by atoms with E-state index in [0.717, 1.165) is 7.11 Å². The summed E-state index contributed by atoms with van der Waals surface area (Å²) in [5, 5.41) is 113. The second-order valence-electron chi connectivity index (χ2n) is 19.4. The van der Waals surface area contributed by atoms with Gasteiger partial charge < -0.3 is 91.5 Å². The van der Waals surface area contributed by atoms with Crippen molar-refractivity contribution in [2.75, 3.05) is 13.7 Å². The number of allylic oxidation sites excluding steroid dienone is 12. The van der Waals surface area contributed by atoms with Gasteiger partial charge in [0.2, 0.25) is 5.91 Å². The van der Waals surface area contributed by atoms with Crippen molar-refractivity contribution in [3.8, 4) is 0 Å². The van der Waals surface area contributed by atoms with Crippen molar-refractivity contribution in [3.63, 3.8) is 0 Å². The van der Waals surface area contributed by atoms with E-state index in [1.54, 1.807) is 86.8 Å². The summed E-state index contributed by atoms with van der Waals surface area (Å²) < 4.78 is 28.7. The molecule has 414 valence electrons. The maximum Gasteiger partial charge on any atom is 0.313 e. The molecule has 2 saturated heterocycles. The number of methoxy groups -OCH3 is 1. The van der Waals surface area contributed by atoms with Gasteiger partial charge in [0.25, 0.3) is 0 Å². The highest BCUT2D eigenvalue weighted by molar-refractivity contribution is 5.82. The van der Waals surface area contributed by atoms with Crippen LogP contribution < -0.4 is 16.8 Å². The van der Waals surface area contributed by atoms with E-state index in [1.807, 2.05) is 13.0 Å². The van der Waals surface area contributed by atoms with Gasteiger partial charge in [0.05, 0.1) is 86.7 Å². The smallest absolute Gasteiger partial charge is 0.313 e. The first kappa shape index (κ1) is 63.3. The van der Waals surface area contributed by atoms with E-state index in [9.17, 15) is 65.4 Å². The molecule has 0 aromatic carbocycles. The average molecular weight is 1040 g/mol. The number of fused-ring (bicyclic) bond motifs is 2. The van der Waals surface area contributed by atoms with Crippen LogP contribution in [0.2, 0.25) is 0 Å². The topological polar surface area (TPSA) is 364 Å². The fourth-order valence-electron chi connectivity index (χ4n) is 8.81. The predicted molar refractivity (Wildman–Crippen MR) is 267 cm³/mol. The molecule has 0 aromatic heterocycles. The Morgan fingerprint density at radius 2 is 1.32 bits per heavy atom. The first-order valence-corrected chi connectivity index (χ1v) is 25.1. The molecular weight excluding hydrogens is 955 g/mol. The number of nitrogens with one attached hydrogen (secondary N) is 1. The Morgan fingerprint density at radius 1 is 0.726 bits per heavy atom. The highest BCUT2D eigenvalue weighted by atomic mass is 16.7. The van der Waals surface area contributed by atoms with Gasteiger partial charge in [0.1, 0.15) is 24.2 Å². The van der Waals surface area contributed by atoms with E-state index in [2.05, 4.69) is 5.32 Å². The number of esters is 2. The number of nitrogens with two attached hydrogens (primary N) is 2. The number of aliphatic hydroxyl groups is 10. The zero-order chi connectivity index (χ0) is 54.4. The Labute approximate surface area is 428 Å². The summed E-state index contributed by atoms with van der Waals surface area (Å²) in [5.41, 5.74) is 11.5. The lowest BCUT2D eigenvalue weighted by molar-refractivity contribution is -0.309. The molecule has 0 radical (unpaired) electrons. The summed E-state index contributed by atoms with van der Waals surface area (Å²) in [6.45, 7) is 6.81. The second kappa shape index (κ2) is 31.8. The van der Waals surface area contributed by atoms with Gasteiger partial charge in [0, 0.05) is 37.5 Å². The Bertz CT molecular complexity index is 1900. The number of ether oxygens (including phenoxy) is 5. The van der Waals surface area contributed by atoms with Crippen molar-refractivity contribution in [1.29, 1.82) is 0 Å². The standard InChI is InChI=1S/C52H83N3O18/c1-30-18-16-14-12-10-8-6-7-9-11-13-15-17-19-37(72-51-48(65)45(47(64)33(4)71-51)55-49(66)38(54)22-23-53)27-42-44(50(67)69-5)41(61)29-52(68,73-42)28-36(58)25-40(60)39(59)21-20-34(56)24-35(57)26-43(62)70-32(3)31(2)46(30)63/h6-19,30-42,44-48,51,56-61,63-65,68H,20-29,53-54H2,1-5H3,(H,55,66)/t30-,31-,32-,33+,34+,35+,36-,37-,38-,39+,40+,41-,42-,44+,45-,46+,47+,48-,51-,52+/m0/s1. The minimum Gasteiger partial charge on any atom is -0.469 e. The maximum atomic E-state index is 13.2. The minimum atomic E-state index is -2.33. The van der Waals surface area contributed by atoms with Gasteiger partial charge in [0.15, 0.2) is 12.1 Å². The van der Waals surface area contributed by atoms with E-state index < -0.39 is 159 Å². The second-order valence-corrected chi connectivity index (χ2v) is 19.4. The highest BCUT2D eigenvalue weighted by Gasteiger charge is 2.51. The largest absolute Gasteiger partial charge is 0.469 e. The number of aliphatic hydroxyl groups excluding tert-OH is 9. The molecule has 21 heteroatoms. The molecule has 0 spiro atoms. The molecule has 0 saturated carbocycles. The maximum absolute atomic E-state index is 13.2. The van der Waals surface area contributed by atoms with Crippen LogP contribution in [0.4, 0.5) is 0 Å². The zero-order valence-corrected chi connectivity index (χ0v) is 42.5. The van der Waals surface area contributed by atoms with Gasteiger partial charge in [-0.25, -0.2) is 0 Å². The molecule has 3 heterocycles. The summed E-state index contributed by atoms with van der Waals surface area (Å²) in [7, 11) is 1.10. The molecule has 15 N–H and O–H groups in total. The molecule has 0 aromatic rings. The molecule has 0 aliphatic carbocycles. The van der Waals surface area contributed by atoms with Gasteiger partial charge in [-0.15, -0.1) is 0 Å². The normalized spacial score (nSPS) is 39.1. The third-order valence-corrected chi connectivity index (χ3v) is 13.3. The van der Waals surface area contributed by atoms with Gasteiger partial charge in [-0.05, 0) is 46.1 Å². The Kier molecular flexibility index (Phi) is 27.5.